The summed E-state index contributed by atoms with van der Waals surface area (Å²) in [5.74, 6) is 0. The third kappa shape index (κ3) is 3.42. The predicted octanol–water partition coefficient (Wildman–Crippen LogP) is 2.77. The molecule has 0 unspecified atom stereocenters. The van der Waals surface area contributed by atoms with Crippen molar-refractivity contribution in [1.29, 1.82) is 0 Å². The van der Waals surface area contributed by atoms with E-state index in [9.17, 15) is 0 Å². The van der Waals surface area contributed by atoms with Crippen LogP contribution in [0.3, 0.4) is 0 Å². The fourth-order valence-corrected chi connectivity index (χ4v) is 1.61. The van der Waals surface area contributed by atoms with Crippen LogP contribution in [0.4, 0.5) is 5.69 Å². The first kappa shape index (κ1) is 12.3. The molecule has 1 aromatic heterocycles. The smallest absolute Gasteiger partial charge is 0.0654 e. The second kappa shape index (κ2) is 5.96. The van der Waals surface area contributed by atoms with Crippen molar-refractivity contribution >= 4 is 11.9 Å². The van der Waals surface area contributed by atoms with Crippen molar-refractivity contribution in [3.05, 3.63) is 59.9 Å². The molecular formula is C15H17N3. The lowest BCUT2D eigenvalue weighted by Gasteiger charge is -2.11. The molecule has 0 bridgehead atoms. The van der Waals surface area contributed by atoms with Crippen LogP contribution in [0, 0.1) is 0 Å². The molecule has 3 heteroatoms. The maximum Gasteiger partial charge on any atom is 0.0654 e. The Morgan fingerprint density at radius 1 is 1.17 bits per heavy atom. The minimum Gasteiger partial charge on any atom is -0.378 e. The van der Waals surface area contributed by atoms with E-state index >= 15 is 0 Å². The molecule has 0 N–H and O–H groups in total. The lowest BCUT2D eigenvalue weighted by Crippen LogP contribution is -2.08. The minimum atomic E-state index is 0.670. The molecule has 2 rings (SSSR count). The molecule has 1 heterocycles. The van der Waals surface area contributed by atoms with E-state index in [2.05, 4.69) is 39.1 Å². The summed E-state index contributed by atoms with van der Waals surface area (Å²) in [5.41, 5.74) is 3.43. The van der Waals surface area contributed by atoms with Gasteiger partial charge in [-0.3, -0.25) is 9.98 Å². The molecule has 92 valence electrons. The quantitative estimate of drug-likeness (QED) is 0.767. The Balaban J connectivity index is 1.97. The molecule has 18 heavy (non-hydrogen) atoms. The largest absolute Gasteiger partial charge is 0.378 e. The van der Waals surface area contributed by atoms with E-state index in [-0.39, 0.29) is 0 Å². The molecule has 0 spiro atoms. The second-order valence-electron chi connectivity index (χ2n) is 4.32. The van der Waals surface area contributed by atoms with Gasteiger partial charge in [0.25, 0.3) is 0 Å². The summed E-state index contributed by atoms with van der Waals surface area (Å²) in [5, 5.41) is 0. The number of anilines is 1. The van der Waals surface area contributed by atoms with E-state index in [1.807, 2.05) is 38.6 Å². The standard InChI is InChI=1S/C15H17N3/c1-18(2)15-7-5-13(6-8-15)10-17-12-14-4-3-9-16-11-14/h3-11H,12H2,1-2H3. The number of aromatic nitrogens is 1. The summed E-state index contributed by atoms with van der Waals surface area (Å²) in [6, 6.07) is 12.3. The second-order valence-corrected chi connectivity index (χ2v) is 4.32. The van der Waals surface area contributed by atoms with Gasteiger partial charge in [0.2, 0.25) is 0 Å². The molecule has 0 radical (unpaired) electrons. The van der Waals surface area contributed by atoms with E-state index in [1.165, 1.54) is 5.69 Å². The lowest BCUT2D eigenvalue weighted by atomic mass is 10.2. The summed E-state index contributed by atoms with van der Waals surface area (Å²) >= 11 is 0. The number of nitrogens with zero attached hydrogens (tertiary/aromatic N) is 3. The SMILES string of the molecule is CN(C)c1ccc(C=NCc2cccnc2)cc1. The maximum atomic E-state index is 4.41. The third-order valence-electron chi connectivity index (χ3n) is 2.65. The maximum absolute atomic E-state index is 4.41. The van der Waals surface area contributed by atoms with Gasteiger partial charge in [0.1, 0.15) is 0 Å². The minimum absolute atomic E-state index is 0.670. The molecule has 0 fully saturated rings. The van der Waals surface area contributed by atoms with Crippen LogP contribution < -0.4 is 4.90 Å². The molecule has 0 aliphatic carbocycles. The number of aliphatic imine (C=N–C) groups is 1. The fourth-order valence-electron chi connectivity index (χ4n) is 1.61. The van der Waals surface area contributed by atoms with Gasteiger partial charge >= 0.3 is 0 Å². The molecule has 0 amide bonds. The Kier molecular flexibility index (Phi) is 4.07. The van der Waals surface area contributed by atoms with Crippen molar-refractivity contribution < 1.29 is 0 Å². The summed E-state index contributed by atoms with van der Waals surface area (Å²) in [6.07, 6.45) is 5.51. The fraction of sp³-hybridized carbons (Fsp3) is 0.200. The number of rotatable bonds is 4. The summed E-state index contributed by atoms with van der Waals surface area (Å²) < 4.78 is 0. The molecule has 0 aliphatic heterocycles. The Bertz CT molecular complexity index is 501. The Hall–Kier alpha value is -2.16. The van der Waals surface area contributed by atoms with E-state index in [1.54, 1.807) is 6.20 Å². The van der Waals surface area contributed by atoms with Crippen molar-refractivity contribution in [3.63, 3.8) is 0 Å². The summed E-state index contributed by atoms with van der Waals surface area (Å²) in [6.45, 7) is 0.670. The van der Waals surface area contributed by atoms with Gasteiger partial charge in [-0.1, -0.05) is 18.2 Å². The van der Waals surface area contributed by atoms with Crippen molar-refractivity contribution in [3.8, 4) is 0 Å². The lowest BCUT2D eigenvalue weighted by molar-refractivity contribution is 1.05. The molecule has 1 aromatic carbocycles. The molecule has 0 saturated heterocycles. The first-order chi connectivity index (χ1) is 8.75. The molecule has 0 aliphatic rings. The van der Waals surface area contributed by atoms with Gasteiger partial charge in [-0.05, 0) is 29.3 Å². The van der Waals surface area contributed by atoms with Gasteiger partial charge < -0.3 is 4.90 Å². The van der Waals surface area contributed by atoms with Gasteiger partial charge in [-0.25, -0.2) is 0 Å². The Labute approximate surface area is 108 Å². The van der Waals surface area contributed by atoms with Gasteiger partial charge in [-0.2, -0.15) is 0 Å². The number of hydrogen-bond donors (Lipinski definition) is 0. The molecule has 0 saturated carbocycles. The number of hydrogen-bond acceptors (Lipinski definition) is 3. The van der Waals surface area contributed by atoms with Gasteiger partial charge in [0, 0.05) is 38.4 Å². The normalized spacial score (nSPS) is 10.8. The monoisotopic (exact) mass is 239 g/mol. The average molecular weight is 239 g/mol. The zero-order valence-corrected chi connectivity index (χ0v) is 10.7. The van der Waals surface area contributed by atoms with Crippen molar-refractivity contribution in [1.82, 2.24) is 4.98 Å². The van der Waals surface area contributed by atoms with Gasteiger partial charge in [-0.15, -0.1) is 0 Å². The highest BCUT2D eigenvalue weighted by molar-refractivity contribution is 5.80. The molecule has 2 aromatic rings. The van der Waals surface area contributed by atoms with Crippen LogP contribution in [0.2, 0.25) is 0 Å². The van der Waals surface area contributed by atoms with Crippen LogP contribution >= 0.6 is 0 Å². The highest BCUT2D eigenvalue weighted by Gasteiger charge is 1.94. The van der Waals surface area contributed by atoms with Crippen LogP contribution in [0.5, 0.6) is 0 Å². The van der Waals surface area contributed by atoms with Crippen LogP contribution in [0.25, 0.3) is 0 Å². The van der Waals surface area contributed by atoms with Gasteiger partial charge in [0.15, 0.2) is 0 Å². The average Bonchev–Trinajstić information content (AvgIpc) is 2.40. The Morgan fingerprint density at radius 3 is 2.56 bits per heavy atom. The van der Waals surface area contributed by atoms with Gasteiger partial charge in [0.05, 0.1) is 6.54 Å². The van der Waals surface area contributed by atoms with Crippen LogP contribution in [-0.2, 0) is 6.54 Å². The zero-order chi connectivity index (χ0) is 12.8. The summed E-state index contributed by atoms with van der Waals surface area (Å²) in [4.78, 5) is 10.5. The van der Waals surface area contributed by atoms with E-state index in [4.69, 9.17) is 0 Å². The highest BCUT2D eigenvalue weighted by Crippen LogP contribution is 2.11. The van der Waals surface area contributed by atoms with E-state index < -0.39 is 0 Å². The highest BCUT2D eigenvalue weighted by atomic mass is 15.1. The molecular weight excluding hydrogens is 222 g/mol. The number of pyridine rings is 1. The molecule has 0 atom stereocenters. The number of benzene rings is 1. The van der Waals surface area contributed by atoms with E-state index in [0.717, 1.165) is 11.1 Å². The van der Waals surface area contributed by atoms with Crippen LogP contribution in [0.1, 0.15) is 11.1 Å². The zero-order valence-electron chi connectivity index (χ0n) is 10.7. The van der Waals surface area contributed by atoms with Crippen LogP contribution in [-0.4, -0.2) is 25.3 Å². The summed E-state index contributed by atoms with van der Waals surface area (Å²) in [7, 11) is 4.07. The van der Waals surface area contributed by atoms with Crippen molar-refractivity contribution in [2.45, 2.75) is 6.54 Å². The molecule has 3 nitrogen and oxygen atoms in total. The predicted molar refractivity (Wildman–Crippen MR) is 76.3 cm³/mol. The van der Waals surface area contributed by atoms with Crippen LogP contribution in [0.15, 0.2) is 53.8 Å². The topological polar surface area (TPSA) is 28.5 Å². The first-order valence-electron chi connectivity index (χ1n) is 5.92. The Morgan fingerprint density at radius 2 is 1.94 bits per heavy atom. The van der Waals surface area contributed by atoms with E-state index in [0.29, 0.717) is 6.54 Å². The van der Waals surface area contributed by atoms with Crippen molar-refractivity contribution in [2.24, 2.45) is 4.99 Å². The van der Waals surface area contributed by atoms with Crippen molar-refractivity contribution in [2.75, 3.05) is 19.0 Å². The third-order valence-corrected chi connectivity index (χ3v) is 2.65. The first-order valence-corrected chi connectivity index (χ1v) is 5.92.